The number of benzene rings is 1. The Labute approximate surface area is 124 Å². The lowest BCUT2D eigenvalue weighted by Gasteiger charge is -2.24. The monoisotopic (exact) mass is 281 g/mol. The maximum absolute atomic E-state index is 12.7. The van der Waals surface area contributed by atoms with Gasteiger partial charge in [-0.15, -0.1) is 6.58 Å². The molecule has 1 N–H and O–H groups in total. The Morgan fingerprint density at radius 1 is 1.43 bits per heavy atom. The molecule has 1 atom stereocenters. The fourth-order valence-corrected chi connectivity index (χ4v) is 3.00. The molecule has 3 rings (SSSR count). The first-order valence-electron chi connectivity index (χ1n) is 7.20. The number of allylic oxidation sites excluding steroid dienone is 1. The zero-order chi connectivity index (χ0) is 14.8. The van der Waals surface area contributed by atoms with E-state index < -0.39 is 0 Å². The van der Waals surface area contributed by atoms with Crippen molar-refractivity contribution in [2.75, 3.05) is 19.6 Å². The summed E-state index contributed by atoms with van der Waals surface area (Å²) in [5.41, 5.74) is 3.76. The van der Waals surface area contributed by atoms with Gasteiger partial charge in [-0.3, -0.25) is 9.79 Å². The van der Waals surface area contributed by atoms with Crippen LogP contribution in [0.1, 0.15) is 18.5 Å². The van der Waals surface area contributed by atoms with Crippen LogP contribution < -0.4 is 5.32 Å². The van der Waals surface area contributed by atoms with Gasteiger partial charge in [0.15, 0.2) is 0 Å². The second-order valence-electron chi connectivity index (χ2n) is 5.26. The summed E-state index contributed by atoms with van der Waals surface area (Å²) in [6.07, 6.45) is 1.77. The van der Waals surface area contributed by atoms with Gasteiger partial charge in [0.05, 0.1) is 12.6 Å². The number of fused-ring (bicyclic) bond motifs is 1. The van der Waals surface area contributed by atoms with Crippen molar-refractivity contribution in [2.24, 2.45) is 4.99 Å². The minimum absolute atomic E-state index is 0.00167. The molecule has 108 valence electrons. The van der Waals surface area contributed by atoms with Gasteiger partial charge in [-0.2, -0.15) is 0 Å². The second kappa shape index (κ2) is 5.56. The molecule has 0 spiro atoms. The molecule has 2 aliphatic rings. The first kappa shape index (κ1) is 13.6. The Hall–Kier alpha value is -2.36. The number of carbonyl (C=O) groups is 1. The molecule has 0 aliphatic carbocycles. The molecule has 1 unspecified atom stereocenters. The highest BCUT2D eigenvalue weighted by molar-refractivity contribution is 6.48. The summed E-state index contributed by atoms with van der Waals surface area (Å²) in [4.78, 5) is 19.0. The minimum atomic E-state index is -0.0824. The highest BCUT2D eigenvalue weighted by Gasteiger charge is 2.42. The lowest BCUT2D eigenvalue weighted by Crippen LogP contribution is -2.30. The summed E-state index contributed by atoms with van der Waals surface area (Å²) in [5, 5.41) is 3.36. The zero-order valence-corrected chi connectivity index (χ0v) is 12.2. The van der Waals surface area contributed by atoms with Crippen molar-refractivity contribution >= 4 is 11.6 Å². The Kier molecular flexibility index (Phi) is 3.60. The molecule has 2 heterocycles. The molecule has 1 amide bonds. The van der Waals surface area contributed by atoms with Gasteiger partial charge in [0, 0.05) is 24.4 Å². The predicted molar refractivity (Wildman–Crippen MR) is 84.1 cm³/mol. The third kappa shape index (κ3) is 2.27. The van der Waals surface area contributed by atoms with Gasteiger partial charge >= 0.3 is 0 Å². The molecule has 1 saturated heterocycles. The van der Waals surface area contributed by atoms with Crippen molar-refractivity contribution in [1.29, 1.82) is 0 Å². The molecule has 1 aromatic rings. The van der Waals surface area contributed by atoms with E-state index in [0.29, 0.717) is 18.8 Å². The largest absolute Gasteiger partial charge is 0.386 e. The van der Waals surface area contributed by atoms with Gasteiger partial charge in [-0.05, 0) is 12.5 Å². The maximum Gasteiger partial charge on any atom is 0.273 e. The van der Waals surface area contributed by atoms with Gasteiger partial charge in [0.2, 0.25) is 0 Å². The van der Waals surface area contributed by atoms with E-state index in [2.05, 4.69) is 29.0 Å². The van der Waals surface area contributed by atoms with Gasteiger partial charge in [0.1, 0.15) is 5.71 Å². The van der Waals surface area contributed by atoms with Gasteiger partial charge in [-0.25, -0.2) is 0 Å². The van der Waals surface area contributed by atoms with Crippen molar-refractivity contribution in [1.82, 2.24) is 10.2 Å². The molecular weight excluding hydrogens is 262 g/mol. The average molecular weight is 281 g/mol. The minimum Gasteiger partial charge on any atom is -0.386 e. The van der Waals surface area contributed by atoms with Crippen molar-refractivity contribution in [3.63, 3.8) is 0 Å². The van der Waals surface area contributed by atoms with Crippen molar-refractivity contribution in [2.45, 2.75) is 13.0 Å². The van der Waals surface area contributed by atoms with E-state index in [1.54, 1.807) is 6.08 Å². The normalized spacial score (nSPS) is 21.6. The second-order valence-corrected chi connectivity index (χ2v) is 5.26. The summed E-state index contributed by atoms with van der Waals surface area (Å²) in [5.74, 6) is 0.00167. The number of likely N-dealkylation sites (tertiary alicyclic amines) is 1. The third-order valence-electron chi connectivity index (χ3n) is 3.92. The standard InChI is InChI=1S/C17H19N3O/c1-3-11-20-16(13-7-5-4-6-8-13)14-12(2)18-9-10-19-15(14)17(20)21/h3-8,16,18H,1,9-11H2,2H3. The first-order chi connectivity index (χ1) is 10.2. The molecule has 0 aromatic heterocycles. The summed E-state index contributed by atoms with van der Waals surface area (Å²) in [6.45, 7) is 7.73. The van der Waals surface area contributed by atoms with E-state index in [0.717, 1.165) is 23.4 Å². The molecule has 0 bridgehead atoms. The van der Waals surface area contributed by atoms with Crippen LogP contribution in [0.4, 0.5) is 0 Å². The average Bonchev–Trinajstić information content (AvgIpc) is 2.65. The Morgan fingerprint density at radius 3 is 2.90 bits per heavy atom. The Bertz CT molecular complexity index is 631. The number of hydrogen-bond acceptors (Lipinski definition) is 3. The number of nitrogens with one attached hydrogen (secondary N) is 1. The van der Waals surface area contributed by atoms with Crippen LogP contribution in [-0.2, 0) is 4.79 Å². The molecule has 4 nitrogen and oxygen atoms in total. The summed E-state index contributed by atoms with van der Waals surface area (Å²) in [6, 6.07) is 10.0. The van der Waals surface area contributed by atoms with Crippen LogP contribution in [0.25, 0.3) is 0 Å². The van der Waals surface area contributed by atoms with E-state index in [9.17, 15) is 4.79 Å². The molecule has 0 saturated carbocycles. The molecular formula is C17H19N3O. The highest BCUT2D eigenvalue weighted by Crippen LogP contribution is 2.37. The van der Waals surface area contributed by atoms with Crippen LogP contribution in [0.3, 0.4) is 0 Å². The lowest BCUT2D eigenvalue weighted by molar-refractivity contribution is -0.123. The molecule has 1 aromatic carbocycles. The van der Waals surface area contributed by atoms with Crippen molar-refractivity contribution in [3.8, 4) is 0 Å². The molecule has 0 radical (unpaired) electrons. The highest BCUT2D eigenvalue weighted by atomic mass is 16.2. The number of aliphatic imine (C=N–C) groups is 1. The van der Waals surface area contributed by atoms with Crippen LogP contribution in [0.5, 0.6) is 0 Å². The Balaban J connectivity index is 2.16. The number of rotatable bonds is 3. The number of carbonyl (C=O) groups excluding carboxylic acids is 1. The van der Waals surface area contributed by atoms with Gasteiger partial charge in [-0.1, -0.05) is 36.4 Å². The fraction of sp³-hybridized carbons (Fsp3) is 0.294. The van der Waals surface area contributed by atoms with Crippen LogP contribution in [0.2, 0.25) is 0 Å². The Morgan fingerprint density at radius 2 is 2.19 bits per heavy atom. The van der Waals surface area contributed by atoms with Gasteiger partial charge in [0.25, 0.3) is 5.91 Å². The van der Waals surface area contributed by atoms with E-state index in [-0.39, 0.29) is 11.9 Å². The quantitative estimate of drug-likeness (QED) is 0.862. The molecule has 4 heteroatoms. The summed E-state index contributed by atoms with van der Waals surface area (Å²) < 4.78 is 0. The van der Waals surface area contributed by atoms with E-state index >= 15 is 0 Å². The fourth-order valence-electron chi connectivity index (χ4n) is 3.00. The van der Waals surface area contributed by atoms with E-state index in [1.165, 1.54) is 0 Å². The lowest BCUT2D eigenvalue weighted by atomic mass is 9.97. The van der Waals surface area contributed by atoms with Crippen LogP contribution in [0, 0.1) is 0 Å². The number of hydrogen-bond donors (Lipinski definition) is 1. The van der Waals surface area contributed by atoms with Crippen molar-refractivity contribution in [3.05, 3.63) is 59.8 Å². The van der Waals surface area contributed by atoms with E-state index in [1.807, 2.05) is 30.0 Å². The van der Waals surface area contributed by atoms with Gasteiger partial charge < -0.3 is 10.2 Å². The van der Waals surface area contributed by atoms with Crippen LogP contribution in [-0.4, -0.2) is 36.2 Å². The summed E-state index contributed by atoms with van der Waals surface area (Å²) >= 11 is 0. The van der Waals surface area contributed by atoms with Crippen LogP contribution in [0.15, 0.2) is 59.2 Å². The predicted octanol–water partition coefficient (Wildman–Crippen LogP) is 2.07. The molecule has 2 aliphatic heterocycles. The third-order valence-corrected chi connectivity index (χ3v) is 3.92. The number of nitrogens with zero attached hydrogens (tertiary/aromatic N) is 2. The number of amides is 1. The van der Waals surface area contributed by atoms with Crippen LogP contribution >= 0.6 is 0 Å². The van der Waals surface area contributed by atoms with Crippen molar-refractivity contribution < 1.29 is 4.79 Å². The first-order valence-corrected chi connectivity index (χ1v) is 7.20. The SMILES string of the molecule is C=CCN1C(=O)C2=NCCNC(C)=C2C1c1ccccc1. The summed E-state index contributed by atoms with van der Waals surface area (Å²) in [7, 11) is 0. The smallest absolute Gasteiger partial charge is 0.273 e. The van der Waals surface area contributed by atoms with E-state index in [4.69, 9.17) is 0 Å². The maximum atomic E-state index is 12.7. The zero-order valence-electron chi connectivity index (χ0n) is 12.2. The molecule has 21 heavy (non-hydrogen) atoms. The topological polar surface area (TPSA) is 44.7 Å². The molecule has 1 fully saturated rings.